The van der Waals surface area contributed by atoms with Crippen molar-refractivity contribution in [2.75, 3.05) is 17.6 Å². The number of fused-ring (bicyclic) bond motifs is 2. The van der Waals surface area contributed by atoms with Crippen molar-refractivity contribution in [3.63, 3.8) is 0 Å². The molecule has 0 unspecified atom stereocenters. The second kappa shape index (κ2) is 5.88. The van der Waals surface area contributed by atoms with Gasteiger partial charge in [-0.1, -0.05) is 23.4 Å². The Bertz CT molecular complexity index is 959. The lowest BCUT2D eigenvalue weighted by Crippen LogP contribution is -2.06. The second-order valence-electron chi connectivity index (χ2n) is 5.08. The van der Waals surface area contributed by atoms with Gasteiger partial charge in [-0.05, 0) is 6.07 Å². The molecule has 0 fully saturated rings. The highest BCUT2D eigenvalue weighted by atomic mass is 32.2. The molecule has 0 saturated heterocycles. The monoisotopic (exact) mass is 325 g/mol. The van der Waals surface area contributed by atoms with Gasteiger partial charge in [0.1, 0.15) is 6.33 Å². The number of hydrogen-bond donors (Lipinski definition) is 2. The molecule has 4 aromatic rings. The molecule has 0 radical (unpaired) electrons. The van der Waals surface area contributed by atoms with Gasteiger partial charge in [0, 0.05) is 41.3 Å². The molecule has 2 N–H and O–H groups in total. The summed E-state index contributed by atoms with van der Waals surface area (Å²) >= 11 is 1.81. The van der Waals surface area contributed by atoms with E-state index in [9.17, 15) is 0 Å². The van der Waals surface area contributed by atoms with Crippen molar-refractivity contribution in [1.82, 2.24) is 29.9 Å². The van der Waals surface area contributed by atoms with Crippen molar-refractivity contribution in [3.05, 3.63) is 36.8 Å². The average Bonchev–Trinajstić information content (AvgIpc) is 3.17. The Labute approximate surface area is 136 Å². The summed E-state index contributed by atoms with van der Waals surface area (Å²) in [7, 11) is 1.82. The smallest absolute Gasteiger partial charge is 0.183 e. The van der Waals surface area contributed by atoms with E-state index >= 15 is 0 Å². The number of anilines is 1. The Hall–Kier alpha value is -2.61. The Kier molecular flexibility index (Phi) is 3.58. The van der Waals surface area contributed by atoms with Crippen LogP contribution in [0.2, 0.25) is 0 Å². The van der Waals surface area contributed by atoms with E-state index in [1.165, 1.54) is 22.1 Å². The zero-order valence-corrected chi connectivity index (χ0v) is 13.3. The van der Waals surface area contributed by atoms with E-state index in [4.69, 9.17) is 0 Å². The number of nitrogens with one attached hydrogen (secondary N) is 2. The molecule has 0 saturated carbocycles. The van der Waals surface area contributed by atoms with Crippen LogP contribution < -0.4 is 5.32 Å². The number of aromatic nitrogens is 6. The molecule has 0 spiro atoms. The molecule has 0 aliphatic rings. The molecule has 0 amide bonds. The number of para-hydroxylation sites is 1. The minimum Gasteiger partial charge on any atom is -0.367 e. The number of thioether (sulfide) groups is 1. The van der Waals surface area contributed by atoms with Gasteiger partial charge in [0.25, 0.3) is 0 Å². The largest absolute Gasteiger partial charge is 0.367 e. The van der Waals surface area contributed by atoms with E-state index in [1.54, 1.807) is 4.68 Å². The van der Waals surface area contributed by atoms with Crippen LogP contribution in [0, 0.1) is 0 Å². The van der Waals surface area contributed by atoms with Gasteiger partial charge < -0.3 is 10.3 Å². The van der Waals surface area contributed by atoms with Gasteiger partial charge in [-0.15, -0.1) is 16.9 Å². The maximum atomic E-state index is 4.25. The Morgan fingerprint density at radius 3 is 3.13 bits per heavy atom. The maximum absolute atomic E-state index is 4.25. The molecule has 116 valence electrons. The van der Waals surface area contributed by atoms with Crippen molar-refractivity contribution in [1.29, 1.82) is 0 Å². The number of nitrogens with zero attached hydrogens (tertiary/aromatic N) is 5. The lowest BCUT2D eigenvalue weighted by molar-refractivity contribution is 0.729. The Morgan fingerprint density at radius 2 is 2.17 bits per heavy atom. The standard InChI is InChI=1S/C15H15N7S/c1-22-15-13(20-21-22)14(18-9-19-15)16-6-7-23-12-8-17-11-5-3-2-4-10(11)12/h2-5,8-9,17H,6-7H2,1H3,(H,16,18,19). The molecule has 8 heteroatoms. The lowest BCUT2D eigenvalue weighted by Gasteiger charge is -2.05. The Morgan fingerprint density at radius 1 is 1.26 bits per heavy atom. The fraction of sp³-hybridized carbons (Fsp3) is 0.200. The van der Waals surface area contributed by atoms with E-state index in [2.05, 4.69) is 55.0 Å². The van der Waals surface area contributed by atoms with E-state index in [0.717, 1.165) is 23.8 Å². The van der Waals surface area contributed by atoms with Gasteiger partial charge >= 0.3 is 0 Å². The quantitative estimate of drug-likeness (QED) is 0.433. The van der Waals surface area contributed by atoms with E-state index < -0.39 is 0 Å². The van der Waals surface area contributed by atoms with Crippen LogP contribution in [-0.4, -0.2) is 42.2 Å². The topological polar surface area (TPSA) is 84.3 Å². The summed E-state index contributed by atoms with van der Waals surface area (Å²) in [5.41, 5.74) is 2.60. The number of aromatic amines is 1. The number of benzene rings is 1. The molecule has 0 atom stereocenters. The highest BCUT2D eigenvalue weighted by molar-refractivity contribution is 7.99. The number of aryl methyl sites for hydroxylation is 1. The van der Waals surface area contributed by atoms with Crippen molar-refractivity contribution in [2.45, 2.75) is 4.90 Å². The third kappa shape index (κ3) is 2.61. The molecule has 7 nitrogen and oxygen atoms in total. The molecule has 4 rings (SSSR count). The summed E-state index contributed by atoms with van der Waals surface area (Å²) in [5.74, 6) is 1.65. The molecular weight excluding hydrogens is 310 g/mol. The highest BCUT2D eigenvalue weighted by Crippen LogP contribution is 2.27. The van der Waals surface area contributed by atoms with Gasteiger partial charge in [0.2, 0.25) is 0 Å². The van der Waals surface area contributed by atoms with Gasteiger partial charge in [-0.3, -0.25) is 0 Å². The van der Waals surface area contributed by atoms with Crippen molar-refractivity contribution >= 4 is 39.6 Å². The molecule has 3 aromatic heterocycles. The first-order valence-corrected chi connectivity index (χ1v) is 8.24. The minimum absolute atomic E-state index is 0.701. The third-order valence-corrected chi connectivity index (χ3v) is 4.65. The predicted molar refractivity (Wildman–Crippen MR) is 91.6 cm³/mol. The van der Waals surface area contributed by atoms with Crippen LogP contribution in [0.3, 0.4) is 0 Å². The van der Waals surface area contributed by atoms with Crippen LogP contribution in [0.5, 0.6) is 0 Å². The summed E-state index contributed by atoms with van der Waals surface area (Å²) in [5, 5.41) is 12.6. The van der Waals surface area contributed by atoms with E-state index in [1.807, 2.05) is 24.9 Å². The molecule has 0 bridgehead atoms. The normalized spacial score (nSPS) is 11.3. The SMILES string of the molecule is Cn1nnc2c(NCCSc3c[nH]c4ccccc34)ncnc21. The molecule has 0 aliphatic carbocycles. The van der Waals surface area contributed by atoms with E-state index in [0.29, 0.717) is 5.52 Å². The maximum Gasteiger partial charge on any atom is 0.183 e. The average molecular weight is 325 g/mol. The summed E-state index contributed by atoms with van der Waals surface area (Å²) in [6.07, 6.45) is 3.59. The van der Waals surface area contributed by atoms with Gasteiger partial charge in [-0.25, -0.2) is 14.6 Å². The zero-order valence-electron chi connectivity index (χ0n) is 12.5. The van der Waals surface area contributed by atoms with Crippen molar-refractivity contribution < 1.29 is 0 Å². The molecule has 23 heavy (non-hydrogen) atoms. The molecule has 0 aliphatic heterocycles. The van der Waals surface area contributed by atoms with Gasteiger partial charge in [0.15, 0.2) is 17.0 Å². The third-order valence-electron chi connectivity index (χ3n) is 3.59. The first-order chi connectivity index (χ1) is 11.3. The number of rotatable bonds is 5. The molecule has 1 aromatic carbocycles. The van der Waals surface area contributed by atoms with Gasteiger partial charge in [-0.2, -0.15) is 0 Å². The minimum atomic E-state index is 0.701. The van der Waals surface area contributed by atoms with E-state index in [-0.39, 0.29) is 0 Å². The van der Waals surface area contributed by atoms with Crippen LogP contribution in [0.1, 0.15) is 0 Å². The number of hydrogen-bond acceptors (Lipinski definition) is 6. The zero-order chi connectivity index (χ0) is 15.6. The van der Waals surface area contributed by atoms with Crippen LogP contribution in [0.25, 0.3) is 22.1 Å². The summed E-state index contributed by atoms with van der Waals surface area (Å²) in [6.45, 7) is 0.785. The fourth-order valence-corrected chi connectivity index (χ4v) is 3.38. The van der Waals surface area contributed by atoms with Crippen molar-refractivity contribution in [3.8, 4) is 0 Å². The Balaban J connectivity index is 1.42. The second-order valence-corrected chi connectivity index (χ2v) is 6.22. The highest BCUT2D eigenvalue weighted by Gasteiger charge is 2.09. The van der Waals surface area contributed by atoms with Crippen LogP contribution in [0.15, 0.2) is 41.7 Å². The summed E-state index contributed by atoms with van der Waals surface area (Å²) in [6, 6.07) is 8.32. The van der Waals surface area contributed by atoms with Crippen LogP contribution in [0.4, 0.5) is 5.82 Å². The fourth-order valence-electron chi connectivity index (χ4n) is 2.48. The molecule has 3 heterocycles. The summed E-state index contributed by atoms with van der Waals surface area (Å²) < 4.78 is 1.64. The molecular formula is C15H15N7S. The first-order valence-electron chi connectivity index (χ1n) is 7.26. The first kappa shape index (κ1) is 14.0. The lowest BCUT2D eigenvalue weighted by atomic mass is 10.2. The van der Waals surface area contributed by atoms with Crippen LogP contribution >= 0.6 is 11.8 Å². The predicted octanol–water partition coefficient (Wildman–Crippen LogP) is 2.44. The van der Waals surface area contributed by atoms with Gasteiger partial charge in [0.05, 0.1) is 0 Å². The number of H-pyrrole nitrogens is 1. The summed E-state index contributed by atoms with van der Waals surface area (Å²) in [4.78, 5) is 13.0. The van der Waals surface area contributed by atoms with Crippen molar-refractivity contribution in [2.24, 2.45) is 7.05 Å². The van der Waals surface area contributed by atoms with Crippen LogP contribution in [-0.2, 0) is 7.05 Å².